The third-order valence-corrected chi connectivity index (χ3v) is 5.41. The van der Waals surface area contributed by atoms with Crippen LogP contribution in [0.15, 0.2) is 114 Å². The minimum absolute atomic E-state index is 0.0839. The topological polar surface area (TPSA) is 78.0 Å². The zero-order valence-corrected chi connectivity index (χ0v) is 18.9. The van der Waals surface area contributed by atoms with Gasteiger partial charge in [0.15, 0.2) is 5.78 Å². The van der Waals surface area contributed by atoms with Crippen LogP contribution in [-0.4, -0.2) is 20.5 Å². The van der Waals surface area contributed by atoms with E-state index < -0.39 is 4.92 Å². The predicted molar refractivity (Wildman–Crippen MR) is 132 cm³/mol. The highest BCUT2D eigenvalue weighted by molar-refractivity contribution is 9.10. The van der Waals surface area contributed by atoms with Gasteiger partial charge in [0.05, 0.1) is 22.3 Å². The zero-order valence-electron chi connectivity index (χ0n) is 17.3. The molecule has 0 N–H and O–H groups in total. The highest BCUT2D eigenvalue weighted by Crippen LogP contribution is 2.25. The van der Waals surface area contributed by atoms with Gasteiger partial charge in [-0.3, -0.25) is 14.9 Å². The standard InChI is InChI=1S/C13H8BrNO3.C13H10N2/c14-10-6-7-12(15(17)18)11(8-10)13(16)9-4-2-1-3-5-9;1-2-7-12(8-3-1)15-13-9-5-4-6-11(13)10-14-15/h1-8H;1-10H. The maximum absolute atomic E-state index is 12.2. The van der Waals surface area contributed by atoms with Crippen molar-refractivity contribution in [3.8, 4) is 5.69 Å². The van der Waals surface area contributed by atoms with Crippen LogP contribution in [0.5, 0.6) is 0 Å². The van der Waals surface area contributed by atoms with Gasteiger partial charge in [0, 0.05) is 21.5 Å². The summed E-state index contributed by atoms with van der Waals surface area (Å²) in [5, 5.41) is 16.5. The Hall–Kier alpha value is -4.10. The third kappa shape index (κ3) is 5.05. The highest BCUT2D eigenvalue weighted by atomic mass is 79.9. The van der Waals surface area contributed by atoms with Crippen LogP contribution in [0.4, 0.5) is 5.69 Å². The fourth-order valence-corrected chi connectivity index (χ4v) is 3.70. The van der Waals surface area contributed by atoms with E-state index in [0.717, 1.165) is 11.2 Å². The Morgan fingerprint density at radius 1 is 0.848 bits per heavy atom. The van der Waals surface area contributed by atoms with Gasteiger partial charge >= 0.3 is 0 Å². The van der Waals surface area contributed by atoms with Crippen molar-refractivity contribution in [3.05, 3.63) is 135 Å². The van der Waals surface area contributed by atoms with Crippen LogP contribution in [0.1, 0.15) is 15.9 Å². The van der Waals surface area contributed by atoms with Crippen molar-refractivity contribution in [2.75, 3.05) is 0 Å². The largest absolute Gasteiger partial charge is 0.288 e. The van der Waals surface area contributed by atoms with Crippen molar-refractivity contribution in [1.82, 2.24) is 9.78 Å². The molecule has 1 aromatic heterocycles. The number of nitro benzene ring substituents is 1. The summed E-state index contributed by atoms with van der Waals surface area (Å²) in [6, 6.07) is 31.2. The maximum Gasteiger partial charge on any atom is 0.280 e. The average molecular weight is 500 g/mol. The maximum atomic E-state index is 12.2. The molecule has 33 heavy (non-hydrogen) atoms. The van der Waals surface area contributed by atoms with E-state index in [4.69, 9.17) is 0 Å². The molecule has 0 aliphatic carbocycles. The van der Waals surface area contributed by atoms with Gasteiger partial charge in [0.25, 0.3) is 5.69 Å². The first-order chi connectivity index (χ1) is 16.0. The predicted octanol–water partition coefficient (Wildman–Crippen LogP) is 6.61. The number of rotatable bonds is 4. The van der Waals surface area contributed by atoms with Crippen LogP contribution in [0, 0.1) is 10.1 Å². The van der Waals surface area contributed by atoms with Crippen molar-refractivity contribution < 1.29 is 9.72 Å². The van der Waals surface area contributed by atoms with E-state index in [-0.39, 0.29) is 17.0 Å². The van der Waals surface area contributed by atoms with Gasteiger partial charge in [-0.1, -0.05) is 82.7 Å². The Bertz CT molecular complexity index is 1420. The molecule has 0 fully saturated rings. The molecule has 5 rings (SSSR count). The van der Waals surface area contributed by atoms with Gasteiger partial charge in [-0.05, 0) is 30.3 Å². The van der Waals surface area contributed by atoms with Crippen LogP contribution in [-0.2, 0) is 0 Å². The number of halogens is 1. The fourth-order valence-electron chi connectivity index (χ4n) is 3.34. The number of carbonyl (C=O) groups excluding carboxylic acids is 1. The second-order valence-electron chi connectivity index (χ2n) is 7.06. The molecule has 0 atom stereocenters. The third-order valence-electron chi connectivity index (χ3n) is 4.91. The molecule has 1 heterocycles. The number of nitro groups is 1. The van der Waals surface area contributed by atoms with E-state index in [1.54, 1.807) is 36.4 Å². The number of para-hydroxylation sites is 2. The first kappa shape index (κ1) is 22.1. The molecule has 0 bridgehead atoms. The van der Waals surface area contributed by atoms with Crippen LogP contribution in [0.25, 0.3) is 16.6 Å². The lowest BCUT2D eigenvalue weighted by atomic mass is 10.0. The number of carbonyl (C=O) groups is 1. The van der Waals surface area contributed by atoms with Crippen LogP contribution >= 0.6 is 15.9 Å². The summed E-state index contributed by atoms with van der Waals surface area (Å²) in [6.07, 6.45) is 1.89. The van der Waals surface area contributed by atoms with Crippen LogP contribution < -0.4 is 0 Å². The van der Waals surface area contributed by atoms with Crippen molar-refractivity contribution in [2.24, 2.45) is 0 Å². The van der Waals surface area contributed by atoms with E-state index >= 15 is 0 Å². The monoisotopic (exact) mass is 499 g/mol. The molecule has 7 heteroatoms. The Morgan fingerprint density at radius 2 is 1.48 bits per heavy atom. The molecule has 5 aromatic rings. The summed E-state index contributed by atoms with van der Waals surface area (Å²) in [5.74, 6) is -0.358. The number of nitrogens with zero attached hydrogens (tertiary/aromatic N) is 3. The molecular weight excluding hydrogens is 482 g/mol. The molecular formula is C26H18BrN3O3. The van der Waals surface area contributed by atoms with Gasteiger partial charge in [-0.25, -0.2) is 4.68 Å². The van der Waals surface area contributed by atoms with E-state index in [1.165, 1.54) is 17.5 Å². The van der Waals surface area contributed by atoms with Gasteiger partial charge in [0.2, 0.25) is 0 Å². The summed E-state index contributed by atoms with van der Waals surface area (Å²) in [5.41, 5.74) is 2.56. The number of hydrogen-bond acceptors (Lipinski definition) is 4. The van der Waals surface area contributed by atoms with Crippen molar-refractivity contribution in [2.45, 2.75) is 0 Å². The van der Waals surface area contributed by atoms with Gasteiger partial charge < -0.3 is 0 Å². The molecule has 0 radical (unpaired) electrons. The van der Waals surface area contributed by atoms with E-state index in [2.05, 4.69) is 45.3 Å². The summed E-state index contributed by atoms with van der Waals surface area (Å²) in [6.45, 7) is 0. The zero-order chi connectivity index (χ0) is 23.2. The molecule has 0 aliphatic heterocycles. The summed E-state index contributed by atoms with van der Waals surface area (Å²) >= 11 is 3.21. The molecule has 0 amide bonds. The van der Waals surface area contributed by atoms with Crippen LogP contribution in [0.3, 0.4) is 0 Å². The van der Waals surface area contributed by atoms with E-state index in [0.29, 0.717) is 10.0 Å². The Kier molecular flexibility index (Phi) is 6.71. The van der Waals surface area contributed by atoms with Crippen LogP contribution in [0.2, 0.25) is 0 Å². The lowest BCUT2D eigenvalue weighted by Gasteiger charge is -2.03. The summed E-state index contributed by atoms with van der Waals surface area (Å²) in [4.78, 5) is 22.6. The van der Waals surface area contributed by atoms with Crippen molar-refractivity contribution in [1.29, 1.82) is 0 Å². The number of benzene rings is 4. The summed E-state index contributed by atoms with van der Waals surface area (Å²) < 4.78 is 2.59. The SMILES string of the molecule is O=C(c1ccccc1)c1cc(Br)ccc1[N+](=O)[O-].c1ccc(-n2ncc3ccccc32)cc1. The molecule has 4 aromatic carbocycles. The first-order valence-electron chi connectivity index (χ1n) is 10.1. The van der Waals surface area contributed by atoms with Gasteiger partial charge in [-0.2, -0.15) is 5.10 Å². The molecule has 0 spiro atoms. The van der Waals surface area contributed by atoms with Crippen molar-refractivity contribution >= 4 is 38.3 Å². The number of hydrogen-bond donors (Lipinski definition) is 0. The molecule has 0 unspecified atom stereocenters. The average Bonchev–Trinajstić information content (AvgIpc) is 3.29. The second kappa shape index (κ2) is 10.0. The normalized spacial score (nSPS) is 10.3. The quantitative estimate of drug-likeness (QED) is 0.158. The fraction of sp³-hybridized carbons (Fsp3) is 0. The number of fused-ring (bicyclic) bond motifs is 1. The van der Waals surface area contributed by atoms with E-state index in [1.807, 2.05) is 41.2 Å². The van der Waals surface area contributed by atoms with Gasteiger partial charge in [-0.15, -0.1) is 0 Å². The lowest BCUT2D eigenvalue weighted by Crippen LogP contribution is -2.05. The first-order valence-corrected chi connectivity index (χ1v) is 10.9. The Labute approximate surface area is 198 Å². The minimum atomic E-state index is -0.553. The Balaban J connectivity index is 0.000000159. The molecule has 0 aliphatic rings. The van der Waals surface area contributed by atoms with Crippen molar-refractivity contribution in [3.63, 3.8) is 0 Å². The number of aromatic nitrogens is 2. The highest BCUT2D eigenvalue weighted by Gasteiger charge is 2.21. The number of ketones is 1. The summed E-state index contributed by atoms with van der Waals surface area (Å²) in [7, 11) is 0. The van der Waals surface area contributed by atoms with E-state index in [9.17, 15) is 14.9 Å². The van der Waals surface area contributed by atoms with Gasteiger partial charge in [0.1, 0.15) is 5.56 Å². The molecule has 6 nitrogen and oxygen atoms in total. The lowest BCUT2D eigenvalue weighted by molar-refractivity contribution is -0.385. The molecule has 0 saturated heterocycles. The molecule has 162 valence electrons. The Morgan fingerprint density at radius 3 is 2.18 bits per heavy atom. The second-order valence-corrected chi connectivity index (χ2v) is 7.98. The molecule has 0 saturated carbocycles. The smallest absolute Gasteiger partial charge is 0.280 e. The minimum Gasteiger partial charge on any atom is -0.288 e.